The Kier molecular flexibility index (Phi) is 7.32. The van der Waals surface area contributed by atoms with Crippen LogP contribution in [0.4, 0.5) is 11.4 Å². The summed E-state index contributed by atoms with van der Waals surface area (Å²) in [4.78, 5) is 29.1. The molecule has 4 aromatic rings. The molecule has 0 saturated carbocycles. The van der Waals surface area contributed by atoms with Gasteiger partial charge in [-0.05, 0) is 29.7 Å². The lowest BCUT2D eigenvalue weighted by Crippen LogP contribution is -2.15. The number of hydrogen-bond donors (Lipinski definition) is 2. The maximum absolute atomic E-state index is 12.4. The molecule has 2 N–H and O–H groups in total. The molecule has 32 heavy (non-hydrogen) atoms. The highest BCUT2D eigenvalue weighted by atomic mass is 35.5. The Balaban J connectivity index is 1.29. The topological polar surface area (TPSA) is 71.1 Å². The molecule has 5 nitrogen and oxygen atoms in total. The van der Waals surface area contributed by atoms with Crippen molar-refractivity contribution >= 4 is 80.3 Å². The number of aromatic nitrogens is 1. The highest BCUT2D eigenvalue weighted by molar-refractivity contribution is 8.01. The molecule has 0 fully saturated rings. The van der Waals surface area contributed by atoms with Crippen LogP contribution >= 0.6 is 46.3 Å². The number of fused-ring (bicyclic) bond motifs is 1. The van der Waals surface area contributed by atoms with E-state index < -0.39 is 0 Å². The fourth-order valence-corrected chi connectivity index (χ4v) is 4.97. The van der Waals surface area contributed by atoms with Gasteiger partial charge in [-0.2, -0.15) is 0 Å². The van der Waals surface area contributed by atoms with Gasteiger partial charge >= 0.3 is 0 Å². The number of nitrogens with zero attached hydrogens (tertiary/aromatic N) is 1. The highest BCUT2D eigenvalue weighted by Crippen LogP contribution is 2.27. The average Bonchev–Trinajstić information content (AvgIpc) is 3.22. The van der Waals surface area contributed by atoms with Crippen molar-refractivity contribution in [1.29, 1.82) is 0 Å². The second-order valence-electron chi connectivity index (χ2n) is 6.82. The zero-order valence-corrected chi connectivity index (χ0v) is 19.7. The third-order valence-corrected chi connectivity index (χ3v) is 7.28. The van der Waals surface area contributed by atoms with Gasteiger partial charge in [-0.1, -0.05) is 71.4 Å². The maximum Gasteiger partial charge on any atom is 0.234 e. The number of hydrogen-bond acceptors (Lipinski definition) is 5. The van der Waals surface area contributed by atoms with Crippen molar-refractivity contribution in [1.82, 2.24) is 4.98 Å². The third kappa shape index (κ3) is 5.81. The largest absolute Gasteiger partial charge is 0.326 e. The fraction of sp³-hybridized carbons (Fsp3) is 0.0870. The quantitative estimate of drug-likeness (QED) is 0.283. The molecular weight excluding hydrogens is 485 g/mol. The van der Waals surface area contributed by atoms with Gasteiger partial charge < -0.3 is 10.6 Å². The summed E-state index contributed by atoms with van der Waals surface area (Å²) >= 11 is 14.6. The van der Waals surface area contributed by atoms with E-state index in [4.69, 9.17) is 23.2 Å². The zero-order valence-electron chi connectivity index (χ0n) is 16.6. The second-order valence-corrected chi connectivity index (χ2v) is 9.72. The van der Waals surface area contributed by atoms with E-state index in [0.29, 0.717) is 21.4 Å². The molecule has 2 amide bonds. The number of nitrogens with one attached hydrogen (secondary N) is 2. The molecule has 0 radical (unpaired) electrons. The summed E-state index contributed by atoms with van der Waals surface area (Å²) < 4.78 is 0.732. The number of halogens is 2. The van der Waals surface area contributed by atoms with Crippen molar-refractivity contribution in [3.8, 4) is 0 Å². The lowest BCUT2D eigenvalue weighted by atomic mass is 10.1. The van der Waals surface area contributed by atoms with Crippen molar-refractivity contribution in [2.45, 2.75) is 10.8 Å². The van der Waals surface area contributed by atoms with E-state index in [1.807, 2.05) is 47.8 Å². The van der Waals surface area contributed by atoms with Gasteiger partial charge in [0.05, 0.1) is 27.9 Å². The Morgan fingerprint density at radius 1 is 0.938 bits per heavy atom. The number of anilines is 2. The monoisotopic (exact) mass is 501 g/mol. The highest BCUT2D eigenvalue weighted by Gasteiger charge is 2.12. The SMILES string of the molecule is O=C(Cc1csc(SCC(=O)Nc2cccc3ccccc23)n1)Nc1ccc(Cl)c(Cl)c1. The molecule has 9 heteroatoms. The Labute approximate surface area is 203 Å². The number of carbonyl (C=O) groups is 2. The van der Waals surface area contributed by atoms with Crippen molar-refractivity contribution in [2.75, 3.05) is 16.4 Å². The normalized spacial score (nSPS) is 10.8. The first-order chi connectivity index (χ1) is 15.5. The van der Waals surface area contributed by atoms with E-state index in [1.54, 1.807) is 18.2 Å². The third-order valence-electron chi connectivity index (χ3n) is 4.47. The van der Waals surface area contributed by atoms with Crippen molar-refractivity contribution in [3.63, 3.8) is 0 Å². The number of carbonyl (C=O) groups excluding carboxylic acids is 2. The van der Waals surface area contributed by atoms with Crippen molar-refractivity contribution < 1.29 is 9.59 Å². The molecule has 3 aromatic carbocycles. The number of benzene rings is 3. The van der Waals surface area contributed by atoms with E-state index in [0.717, 1.165) is 20.8 Å². The molecular formula is C23H17Cl2N3O2S2. The van der Waals surface area contributed by atoms with Crippen LogP contribution in [0.5, 0.6) is 0 Å². The van der Waals surface area contributed by atoms with Gasteiger partial charge in [0.25, 0.3) is 0 Å². The van der Waals surface area contributed by atoms with E-state index >= 15 is 0 Å². The van der Waals surface area contributed by atoms with Crippen molar-refractivity contribution in [3.05, 3.63) is 81.8 Å². The lowest BCUT2D eigenvalue weighted by Gasteiger charge is -2.08. The summed E-state index contributed by atoms with van der Waals surface area (Å²) in [6.07, 6.45) is 0.125. The van der Waals surface area contributed by atoms with Gasteiger partial charge in [0.1, 0.15) is 0 Å². The maximum atomic E-state index is 12.4. The minimum Gasteiger partial charge on any atom is -0.326 e. The van der Waals surface area contributed by atoms with E-state index in [-0.39, 0.29) is 24.0 Å². The van der Waals surface area contributed by atoms with Crippen LogP contribution in [0, 0.1) is 0 Å². The molecule has 0 atom stereocenters. The molecule has 0 aliphatic rings. The molecule has 0 bridgehead atoms. The van der Waals surface area contributed by atoms with Crippen LogP contribution in [0.2, 0.25) is 10.0 Å². The van der Waals surface area contributed by atoms with Crippen molar-refractivity contribution in [2.24, 2.45) is 0 Å². The Bertz CT molecular complexity index is 1290. The number of amides is 2. The van der Waals surface area contributed by atoms with Crippen LogP contribution in [0.1, 0.15) is 5.69 Å². The number of rotatable bonds is 7. The second kappa shape index (κ2) is 10.4. The molecule has 0 unspecified atom stereocenters. The summed E-state index contributed by atoms with van der Waals surface area (Å²) in [7, 11) is 0. The standard InChI is InChI=1S/C23H17Cl2N3O2S2/c24-18-9-8-15(10-19(18)25)26-21(29)11-16-12-31-23(27-16)32-13-22(30)28-20-7-3-5-14-4-1-2-6-17(14)20/h1-10,12H,11,13H2,(H,26,29)(H,28,30). The van der Waals surface area contributed by atoms with Gasteiger partial charge in [-0.15, -0.1) is 11.3 Å². The zero-order chi connectivity index (χ0) is 22.5. The predicted molar refractivity (Wildman–Crippen MR) is 134 cm³/mol. The van der Waals surface area contributed by atoms with Crippen LogP contribution in [-0.4, -0.2) is 22.6 Å². The first kappa shape index (κ1) is 22.6. The summed E-state index contributed by atoms with van der Waals surface area (Å²) in [5.41, 5.74) is 2.00. The lowest BCUT2D eigenvalue weighted by molar-refractivity contribution is -0.116. The minimum absolute atomic E-state index is 0.111. The Hall–Kier alpha value is -2.58. The molecule has 1 aromatic heterocycles. The van der Waals surface area contributed by atoms with E-state index in [1.165, 1.54) is 23.1 Å². The van der Waals surface area contributed by atoms with E-state index in [2.05, 4.69) is 15.6 Å². The molecule has 4 rings (SSSR count). The first-order valence-electron chi connectivity index (χ1n) is 9.57. The molecule has 1 heterocycles. The van der Waals surface area contributed by atoms with Gasteiger partial charge in [0.15, 0.2) is 4.34 Å². The van der Waals surface area contributed by atoms with Crippen LogP contribution < -0.4 is 10.6 Å². The van der Waals surface area contributed by atoms with Gasteiger partial charge in [0, 0.05) is 22.1 Å². The van der Waals surface area contributed by atoms with Crippen LogP contribution in [0.25, 0.3) is 10.8 Å². The van der Waals surface area contributed by atoms with Gasteiger partial charge in [-0.25, -0.2) is 4.98 Å². The summed E-state index contributed by atoms with van der Waals surface area (Å²) in [5, 5.41) is 10.4. The molecule has 0 aliphatic heterocycles. The molecule has 0 aliphatic carbocycles. The molecule has 0 saturated heterocycles. The number of thioether (sulfide) groups is 1. The fourth-order valence-electron chi connectivity index (χ4n) is 3.03. The summed E-state index contributed by atoms with van der Waals surface area (Å²) in [5.74, 6) is -0.0922. The Morgan fingerprint density at radius 3 is 2.59 bits per heavy atom. The number of thiazole rings is 1. The average molecular weight is 502 g/mol. The predicted octanol–water partition coefficient (Wildman–Crippen LogP) is 6.52. The van der Waals surface area contributed by atoms with Crippen LogP contribution in [0.3, 0.4) is 0 Å². The molecule has 162 valence electrons. The van der Waals surface area contributed by atoms with E-state index in [9.17, 15) is 9.59 Å². The van der Waals surface area contributed by atoms with Crippen LogP contribution in [0.15, 0.2) is 70.4 Å². The minimum atomic E-state index is -0.209. The van der Waals surface area contributed by atoms with Gasteiger partial charge in [-0.3, -0.25) is 9.59 Å². The smallest absolute Gasteiger partial charge is 0.234 e. The first-order valence-corrected chi connectivity index (χ1v) is 12.2. The summed E-state index contributed by atoms with van der Waals surface area (Å²) in [6.45, 7) is 0. The van der Waals surface area contributed by atoms with Gasteiger partial charge in [0.2, 0.25) is 11.8 Å². The van der Waals surface area contributed by atoms with Crippen LogP contribution in [-0.2, 0) is 16.0 Å². The summed E-state index contributed by atoms with van der Waals surface area (Å²) in [6, 6.07) is 18.6. The molecule has 0 spiro atoms. The Morgan fingerprint density at radius 2 is 1.75 bits per heavy atom.